The highest BCUT2D eigenvalue weighted by Crippen LogP contribution is 2.52. The van der Waals surface area contributed by atoms with Gasteiger partial charge in [-0.1, -0.05) is 120 Å². The van der Waals surface area contributed by atoms with Crippen LogP contribution in [0.3, 0.4) is 0 Å². The summed E-state index contributed by atoms with van der Waals surface area (Å²) in [6, 6.07) is 7.42. The first kappa shape index (κ1) is 47.3. The first-order valence-electron chi connectivity index (χ1n) is 20.5. The predicted molar refractivity (Wildman–Crippen MR) is 226 cm³/mol. The van der Waals surface area contributed by atoms with Crippen molar-refractivity contribution in [2.75, 3.05) is 0 Å². The van der Waals surface area contributed by atoms with E-state index >= 15 is 0 Å². The van der Waals surface area contributed by atoms with Crippen LogP contribution in [0.15, 0.2) is 36.4 Å². The zero-order chi connectivity index (χ0) is 45.4. The average Bonchev–Trinajstić information content (AvgIpc) is 3.12. The molecule has 14 heteroatoms. The van der Waals surface area contributed by atoms with E-state index in [0.29, 0.717) is 0 Å². The molecule has 4 amide bonds. The van der Waals surface area contributed by atoms with Gasteiger partial charge in [0.25, 0.3) is 0 Å². The van der Waals surface area contributed by atoms with Crippen molar-refractivity contribution in [2.45, 2.75) is 130 Å². The molecule has 60 heavy (non-hydrogen) atoms. The van der Waals surface area contributed by atoms with Crippen molar-refractivity contribution in [3.8, 4) is 11.5 Å². The number of phenolic OH excluding ortho intramolecular Hbond substituents is 2. The minimum Gasteiger partial charge on any atom is -0.507 e. The number of benzene rings is 2. The molecule has 328 valence electrons. The predicted octanol–water partition coefficient (Wildman–Crippen LogP) is 5.60. The molecule has 3 aliphatic carbocycles. The maximum atomic E-state index is 13.9. The van der Waals surface area contributed by atoms with Crippen LogP contribution in [0, 0.1) is 35.5 Å². The third kappa shape index (κ3) is 10.5. The van der Waals surface area contributed by atoms with Gasteiger partial charge in [-0.15, -0.1) is 0 Å². The number of fused-ring (bicyclic) bond motifs is 2. The standard InChI is InChI=1S/C46H64N4O10/c1-43(2,3)27-19-23(20-28(37(27)53)44(4,5)6)13-17-31(51)47-49-39(55)33-25-15-16-26(36(42(59)60)35(25)41(57)58)34(33)40(56)50-48-32(52)18-14-24-21-29(45(7,8)9)38(54)30(22-24)46(10,11)12/h15-16,19-22,25-26,33-36,53-54H,13-14,17-18H2,1-12H3,(H,47,51)(H,48,52)(H,49,55)(H,50,56)(H,57,58)(H,59,60). The van der Waals surface area contributed by atoms with Gasteiger partial charge in [0, 0.05) is 24.7 Å². The number of hydrogen-bond acceptors (Lipinski definition) is 8. The SMILES string of the molecule is CC(C)(C)c1cc(CCC(=O)NNC(=O)C2C3C=CC(C(C(=O)O)C3C(=O)O)C2C(=O)NNC(=O)CCc2cc(C(C)(C)C)c(O)c(C(C)(C)C)c2)cc(C(C)(C)C)c1O. The molecule has 2 bridgehead atoms. The lowest BCUT2D eigenvalue weighted by Gasteiger charge is -2.49. The van der Waals surface area contributed by atoms with E-state index in [4.69, 9.17) is 0 Å². The molecule has 6 unspecified atom stereocenters. The van der Waals surface area contributed by atoms with E-state index in [1.807, 2.05) is 107 Å². The molecule has 0 heterocycles. The van der Waals surface area contributed by atoms with E-state index in [0.717, 1.165) is 33.4 Å². The molecule has 2 aromatic carbocycles. The highest BCUT2D eigenvalue weighted by atomic mass is 16.4. The Morgan fingerprint density at radius 1 is 0.467 bits per heavy atom. The van der Waals surface area contributed by atoms with Gasteiger partial charge in [0.05, 0.1) is 23.7 Å². The fourth-order valence-electron chi connectivity index (χ4n) is 8.49. The molecule has 0 spiro atoms. The summed E-state index contributed by atoms with van der Waals surface area (Å²) in [4.78, 5) is 78.9. The van der Waals surface area contributed by atoms with Gasteiger partial charge in [0.15, 0.2) is 0 Å². The third-order valence-corrected chi connectivity index (χ3v) is 11.7. The van der Waals surface area contributed by atoms with Crippen LogP contribution in [0.25, 0.3) is 0 Å². The number of carbonyl (C=O) groups excluding carboxylic acids is 4. The summed E-state index contributed by atoms with van der Waals surface area (Å²) >= 11 is 0. The van der Waals surface area contributed by atoms with Gasteiger partial charge in [0.2, 0.25) is 23.6 Å². The van der Waals surface area contributed by atoms with Gasteiger partial charge >= 0.3 is 11.9 Å². The van der Waals surface area contributed by atoms with Gasteiger partial charge in [-0.25, -0.2) is 0 Å². The Bertz CT molecular complexity index is 1850. The molecule has 0 aromatic heterocycles. The topological polar surface area (TPSA) is 231 Å². The zero-order valence-electron chi connectivity index (χ0n) is 37.0. The summed E-state index contributed by atoms with van der Waals surface area (Å²) in [6.07, 6.45) is 3.25. The van der Waals surface area contributed by atoms with E-state index in [1.54, 1.807) is 0 Å². The smallest absolute Gasteiger partial charge is 0.308 e. The van der Waals surface area contributed by atoms with Crippen molar-refractivity contribution in [3.05, 3.63) is 69.8 Å². The minimum absolute atomic E-state index is 0.0667. The van der Waals surface area contributed by atoms with E-state index in [1.165, 1.54) is 12.2 Å². The van der Waals surface area contributed by atoms with Gasteiger partial charge in [-0.2, -0.15) is 0 Å². The Labute approximate surface area is 352 Å². The number of rotatable bonds is 10. The van der Waals surface area contributed by atoms with E-state index in [-0.39, 0.29) is 58.8 Å². The first-order valence-corrected chi connectivity index (χ1v) is 20.5. The second-order valence-electron chi connectivity index (χ2n) is 20.5. The number of hydrogen-bond donors (Lipinski definition) is 8. The Kier molecular flexibility index (Phi) is 13.6. The van der Waals surface area contributed by atoms with Gasteiger partial charge in [0.1, 0.15) is 11.5 Å². The lowest BCUT2D eigenvalue weighted by molar-refractivity contribution is -0.170. The highest BCUT2D eigenvalue weighted by Gasteiger charge is 2.61. The summed E-state index contributed by atoms with van der Waals surface area (Å²) in [5, 5.41) is 42.4. The van der Waals surface area contributed by atoms with Crippen molar-refractivity contribution >= 4 is 35.6 Å². The van der Waals surface area contributed by atoms with Crippen molar-refractivity contribution in [3.63, 3.8) is 0 Å². The number of carboxylic acid groups (broad SMARTS) is 2. The molecular formula is C46H64N4O10. The lowest BCUT2D eigenvalue weighted by Crippen LogP contribution is -2.62. The minimum atomic E-state index is -1.55. The maximum absolute atomic E-state index is 13.9. The zero-order valence-corrected chi connectivity index (χ0v) is 37.0. The van der Waals surface area contributed by atoms with Gasteiger partial charge < -0.3 is 20.4 Å². The third-order valence-electron chi connectivity index (χ3n) is 11.7. The normalized spacial score (nSPS) is 21.5. The quantitative estimate of drug-likeness (QED) is 0.109. The fraction of sp³-hybridized carbons (Fsp3) is 0.565. The molecular weight excluding hydrogens is 769 g/mol. The van der Waals surface area contributed by atoms with Crippen LogP contribution < -0.4 is 21.7 Å². The van der Waals surface area contributed by atoms with Crippen LogP contribution in [0.2, 0.25) is 0 Å². The van der Waals surface area contributed by atoms with Crippen molar-refractivity contribution in [2.24, 2.45) is 35.5 Å². The molecule has 1 saturated carbocycles. The molecule has 14 nitrogen and oxygen atoms in total. The molecule has 6 atom stereocenters. The maximum Gasteiger partial charge on any atom is 0.308 e. The Morgan fingerprint density at radius 3 is 0.967 bits per heavy atom. The summed E-state index contributed by atoms with van der Waals surface area (Å²) in [5.41, 5.74) is 12.4. The van der Waals surface area contributed by atoms with Crippen molar-refractivity contribution < 1.29 is 49.2 Å². The molecule has 1 fully saturated rings. The monoisotopic (exact) mass is 832 g/mol. The second kappa shape index (κ2) is 17.3. The lowest BCUT2D eigenvalue weighted by atomic mass is 9.52. The number of carbonyl (C=O) groups is 6. The van der Waals surface area contributed by atoms with Crippen LogP contribution in [-0.2, 0) is 63.3 Å². The summed E-state index contributed by atoms with van der Waals surface area (Å²) in [5.74, 6) is -13.8. The van der Waals surface area contributed by atoms with Crippen LogP contribution in [0.5, 0.6) is 11.5 Å². The Balaban J connectivity index is 1.50. The van der Waals surface area contributed by atoms with Gasteiger partial charge in [-0.3, -0.25) is 50.5 Å². The number of nitrogens with one attached hydrogen (secondary N) is 4. The van der Waals surface area contributed by atoms with Crippen LogP contribution in [0.4, 0.5) is 0 Å². The number of allylic oxidation sites excluding steroid dienone is 2. The van der Waals surface area contributed by atoms with Gasteiger partial charge in [-0.05, 0) is 67.9 Å². The largest absolute Gasteiger partial charge is 0.507 e. The molecule has 2 aromatic rings. The van der Waals surface area contributed by atoms with E-state index in [2.05, 4.69) is 21.7 Å². The molecule has 5 rings (SSSR count). The van der Waals surface area contributed by atoms with E-state index < -0.39 is 71.1 Å². The number of aryl methyl sites for hydroxylation is 2. The van der Waals surface area contributed by atoms with Crippen molar-refractivity contribution in [1.82, 2.24) is 21.7 Å². The number of aromatic hydroxyl groups is 2. The molecule has 0 saturated heterocycles. The summed E-state index contributed by atoms with van der Waals surface area (Å²) in [7, 11) is 0. The summed E-state index contributed by atoms with van der Waals surface area (Å²) in [6.45, 7) is 23.7. The number of aliphatic carboxylic acids is 2. The Morgan fingerprint density at radius 2 is 0.733 bits per heavy atom. The molecule has 0 aliphatic heterocycles. The second-order valence-corrected chi connectivity index (χ2v) is 20.5. The number of hydrazine groups is 2. The first-order chi connectivity index (χ1) is 27.4. The van der Waals surface area contributed by atoms with Crippen LogP contribution in [-0.4, -0.2) is 56.0 Å². The number of phenols is 2. The molecule has 8 N–H and O–H groups in total. The number of amides is 4. The summed E-state index contributed by atoms with van der Waals surface area (Å²) < 4.78 is 0. The van der Waals surface area contributed by atoms with Crippen LogP contribution in [0.1, 0.15) is 129 Å². The molecule has 3 aliphatic rings. The van der Waals surface area contributed by atoms with E-state index in [9.17, 15) is 49.2 Å². The Hall–Kier alpha value is -5.40. The number of carboxylic acids is 2. The highest BCUT2D eigenvalue weighted by molar-refractivity contribution is 5.94. The average molecular weight is 833 g/mol. The van der Waals surface area contributed by atoms with Crippen molar-refractivity contribution in [1.29, 1.82) is 0 Å². The van der Waals surface area contributed by atoms with Crippen LogP contribution >= 0.6 is 0 Å². The molecule has 0 radical (unpaired) electrons. The fourth-order valence-corrected chi connectivity index (χ4v) is 8.49.